The lowest BCUT2D eigenvalue weighted by Gasteiger charge is -2.04. The first-order valence-corrected chi connectivity index (χ1v) is 9.54. The Balaban J connectivity index is 1.49. The van der Waals surface area contributed by atoms with Crippen LogP contribution in [0.5, 0.6) is 0 Å². The first-order chi connectivity index (χ1) is 13.1. The molecule has 2 aromatic carbocycles. The van der Waals surface area contributed by atoms with Crippen LogP contribution in [0.2, 0.25) is 5.02 Å². The third-order valence-electron chi connectivity index (χ3n) is 4.00. The summed E-state index contributed by atoms with van der Waals surface area (Å²) in [4.78, 5) is 16.8. The normalized spacial score (nSPS) is 10.7. The van der Waals surface area contributed by atoms with E-state index in [2.05, 4.69) is 5.32 Å². The van der Waals surface area contributed by atoms with Gasteiger partial charge >= 0.3 is 0 Å². The van der Waals surface area contributed by atoms with E-state index < -0.39 is 0 Å². The molecule has 0 aliphatic rings. The van der Waals surface area contributed by atoms with Crippen LogP contribution in [0.4, 0.5) is 5.69 Å². The van der Waals surface area contributed by atoms with Gasteiger partial charge in [0, 0.05) is 27.2 Å². The Hall–Kier alpha value is -2.89. The van der Waals surface area contributed by atoms with Crippen LogP contribution in [0.15, 0.2) is 70.5 Å². The summed E-state index contributed by atoms with van der Waals surface area (Å²) in [6.07, 6.45) is 0. The van der Waals surface area contributed by atoms with Crippen LogP contribution in [0.25, 0.3) is 21.8 Å². The first-order valence-electron chi connectivity index (χ1n) is 8.28. The Morgan fingerprint density at radius 1 is 1.00 bits per heavy atom. The maximum absolute atomic E-state index is 12.1. The fraction of sp³-hybridized carbons (Fsp3) is 0.0476. The zero-order valence-electron chi connectivity index (χ0n) is 14.4. The van der Waals surface area contributed by atoms with Crippen molar-refractivity contribution in [3.63, 3.8) is 0 Å². The van der Waals surface area contributed by atoms with Crippen LogP contribution in [0, 0.1) is 6.92 Å². The number of amides is 1. The molecule has 4 rings (SSSR count). The van der Waals surface area contributed by atoms with Gasteiger partial charge in [0.1, 0.15) is 10.8 Å². The van der Waals surface area contributed by atoms with Gasteiger partial charge in [-0.2, -0.15) is 0 Å². The summed E-state index contributed by atoms with van der Waals surface area (Å²) in [5, 5.41) is 6.48. The maximum atomic E-state index is 12.1. The lowest BCUT2D eigenvalue weighted by Crippen LogP contribution is -2.10. The van der Waals surface area contributed by atoms with Crippen LogP contribution in [-0.4, -0.2) is 10.9 Å². The minimum Gasteiger partial charge on any atom is -0.456 e. The summed E-state index contributed by atoms with van der Waals surface area (Å²) in [6, 6.07) is 18.6. The number of aromatic nitrogens is 1. The van der Waals surface area contributed by atoms with Gasteiger partial charge in [0.15, 0.2) is 5.76 Å². The average Bonchev–Trinajstić information content (AvgIpc) is 3.32. The molecular formula is C21H15ClN2O2S. The van der Waals surface area contributed by atoms with Gasteiger partial charge in [0.25, 0.3) is 5.91 Å². The molecule has 134 valence electrons. The number of nitrogens with one attached hydrogen (secondary N) is 1. The van der Waals surface area contributed by atoms with Crippen LogP contribution in [-0.2, 0) is 0 Å². The molecule has 2 aromatic heterocycles. The van der Waals surface area contributed by atoms with Gasteiger partial charge in [-0.1, -0.05) is 35.9 Å². The highest BCUT2D eigenvalue weighted by molar-refractivity contribution is 7.13. The number of thiazole rings is 1. The van der Waals surface area contributed by atoms with Crippen molar-refractivity contribution in [3.05, 3.63) is 82.6 Å². The summed E-state index contributed by atoms with van der Waals surface area (Å²) < 4.78 is 5.33. The second kappa shape index (κ2) is 7.39. The molecule has 0 unspecified atom stereocenters. The summed E-state index contributed by atoms with van der Waals surface area (Å²) in [5.74, 6) is 0.730. The smallest absolute Gasteiger partial charge is 0.291 e. The van der Waals surface area contributed by atoms with Crippen LogP contribution < -0.4 is 5.32 Å². The molecule has 2 heterocycles. The number of nitrogens with zero attached hydrogens (tertiary/aromatic N) is 1. The van der Waals surface area contributed by atoms with E-state index in [9.17, 15) is 4.79 Å². The van der Waals surface area contributed by atoms with Crippen LogP contribution >= 0.6 is 22.9 Å². The molecule has 0 saturated heterocycles. The summed E-state index contributed by atoms with van der Waals surface area (Å²) in [5.41, 5.74) is 3.61. The zero-order chi connectivity index (χ0) is 18.8. The quantitative estimate of drug-likeness (QED) is 0.443. The molecule has 0 radical (unpaired) electrons. The molecule has 1 N–H and O–H groups in total. The average molecular weight is 395 g/mol. The summed E-state index contributed by atoms with van der Waals surface area (Å²) in [6.45, 7) is 1.80. The summed E-state index contributed by atoms with van der Waals surface area (Å²) in [7, 11) is 0. The molecule has 27 heavy (non-hydrogen) atoms. The number of carbonyl (C=O) groups excluding carboxylic acids is 1. The van der Waals surface area contributed by atoms with Crippen molar-refractivity contribution >= 4 is 34.5 Å². The minimum absolute atomic E-state index is 0.269. The molecule has 4 nitrogen and oxygen atoms in total. The highest BCUT2D eigenvalue weighted by Crippen LogP contribution is 2.30. The van der Waals surface area contributed by atoms with E-state index in [4.69, 9.17) is 21.0 Å². The van der Waals surface area contributed by atoms with Gasteiger partial charge in [0.2, 0.25) is 0 Å². The molecule has 0 spiro atoms. The number of anilines is 1. The molecule has 0 atom stereocenters. The third kappa shape index (κ3) is 3.94. The predicted molar refractivity (Wildman–Crippen MR) is 109 cm³/mol. The lowest BCUT2D eigenvalue weighted by atomic mass is 10.1. The number of halogens is 1. The van der Waals surface area contributed by atoms with Gasteiger partial charge in [-0.3, -0.25) is 4.79 Å². The van der Waals surface area contributed by atoms with Gasteiger partial charge < -0.3 is 9.73 Å². The Morgan fingerprint density at radius 3 is 2.37 bits per heavy atom. The van der Waals surface area contributed by atoms with Gasteiger partial charge in [-0.25, -0.2) is 4.98 Å². The fourth-order valence-corrected chi connectivity index (χ4v) is 3.57. The molecule has 0 bridgehead atoms. The van der Waals surface area contributed by atoms with Crippen molar-refractivity contribution in [2.75, 3.05) is 5.32 Å². The van der Waals surface area contributed by atoms with Crippen molar-refractivity contribution in [2.45, 2.75) is 6.92 Å². The molecule has 0 aliphatic heterocycles. The van der Waals surface area contributed by atoms with Gasteiger partial charge in [-0.05, 0) is 43.3 Å². The Bertz CT molecular complexity index is 1080. The van der Waals surface area contributed by atoms with Gasteiger partial charge in [-0.15, -0.1) is 11.3 Å². The Morgan fingerprint density at radius 2 is 1.70 bits per heavy atom. The lowest BCUT2D eigenvalue weighted by molar-refractivity contribution is 0.0995. The number of hydrogen-bond donors (Lipinski definition) is 1. The minimum atomic E-state index is -0.269. The second-order valence-electron chi connectivity index (χ2n) is 5.99. The Labute approximate surface area is 165 Å². The molecule has 4 aromatic rings. The van der Waals surface area contributed by atoms with Crippen LogP contribution in [0.3, 0.4) is 0 Å². The van der Waals surface area contributed by atoms with Gasteiger partial charge in [0.05, 0.1) is 5.69 Å². The first kappa shape index (κ1) is 17.5. The maximum Gasteiger partial charge on any atom is 0.291 e. The van der Waals surface area contributed by atoms with E-state index in [-0.39, 0.29) is 5.91 Å². The van der Waals surface area contributed by atoms with E-state index in [1.165, 1.54) is 0 Å². The second-order valence-corrected chi connectivity index (χ2v) is 7.28. The standard InChI is InChI=1S/C21H15ClN2O2S/c1-13-2-11-19(26-13)20(25)23-17-9-5-14(6-10-17)18-12-27-21(24-18)15-3-7-16(22)8-4-15/h2-12H,1H3,(H,23,25). The monoisotopic (exact) mass is 394 g/mol. The van der Waals surface area contributed by atoms with Crippen molar-refractivity contribution in [1.29, 1.82) is 0 Å². The fourth-order valence-electron chi connectivity index (χ4n) is 2.60. The SMILES string of the molecule is Cc1ccc(C(=O)Nc2ccc(-c3csc(-c4ccc(Cl)cc4)n3)cc2)o1. The van der Waals surface area contributed by atoms with Crippen molar-refractivity contribution in [2.24, 2.45) is 0 Å². The van der Waals surface area contributed by atoms with Crippen LogP contribution in [0.1, 0.15) is 16.3 Å². The number of carbonyl (C=O) groups is 1. The molecule has 0 aliphatic carbocycles. The predicted octanol–water partition coefficient (Wildman–Crippen LogP) is 6.28. The number of rotatable bonds is 4. The van der Waals surface area contributed by atoms with Crippen molar-refractivity contribution < 1.29 is 9.21 Å². The number of hydrogen-bond acceptors (Lipinski definition) is 4. The number of furan rings is 1. The van der Waals surface area contributed by atoms with E-state index in [1.807, 2.05) is 53.9 Å². The zero-order valence-corrected chi connectivity index (χ0v) is 16.0. The molecular weight excluding hydrogens is 380 g/mol. The molecule has 6 heteroatoms. The topological polar surface area (TPSA) is 55.1 Å². The van der Waals surface area contributed by atoms with E-state index in [0.717, 1.165) is 21.8 Å². The third-order valence-corrected chi connectivity index (χ3v) is 5.14. The Kier molecular flexibility index (Phi) is 4.79. The van der Waals surface area contributed by atoms with Crippen molar-refractivity contribution in [3.8, 4) is 21.8 Å². The van der Waals surface area contributed by atoms with E-state index in [0.29, 0.717) is 22.2 Å². The highest BCUT2D eigenvalue weighted by atomic mass is 35.5. The summed E-state index contributed by atoms with van der Waals surface area (Å²) >= 11 is 7.52. The van der Waals surface area contributed by atoms with E-state index >= 15 is 0 Å². The van der Waals surface area contributed by atoms with Crippen molar-refractivity contribution in [1.82, 2.24) is 4.98 Å². The molecule has 0 fully saturated rings. The van der Waals surface area contributed by atoms with E-state index in [1.54, 1.807) is 30.4 Å². The highest BCUT2D eigenvalue weighted by Gasteiger charge is 2.11. The molecule has 0 saturated carbocycles. The number of benzene rings is 2. The number of aryl methyl sites for hydroxylation is 1. The molecule has 1 amide bonds. The largest absolute Gasteiger partial charge is 0.456 e.